The Hall–Kier alpha value is -0.890. The van der Waals surface area contributed by atoms with Gasteiger partial charge in [-0.1, -0.05) is 0 Å². The fraction of sp³-hybridized carbons (Fsp3) is 0.944. The molecule has 2 N–H and O–H groups in total. The zero-order valence-electron chi connectivity index (χ0n) is 16.1. The molecule has 1 aliphatic rings. The van der Waals surface area contributed by atoms with Crippen LogP contribution >= 0.6 is 0 Å². The van der Waals surface area contributed by atoms with Crippen molar-refractivity contribution in [3.05, 3.63) is 0 Å². The third kappa shape index (κ3) is 13.0. The van der Waals surface area contributed by atoms with E-state index in [2.05, 4.69) is 22.5 Å². The largest absolute Gasteiger partial charge is 0.382 e. The van der Waals surface area contributed by atoms with Crippen LogP contribution in [0.2, 0.25) is 0 Å². The quantitative estimate of drug-likeness (QED) is 0.262. The second-order valence-electron chi connectivity index (χ2n) is 6.16. The number of nitrogens with zero attached hydrogens (tertiary/aromatic N) is 1. The van der Waals surface area contributed by atoms with Crippen LogP contribution in [0.15, 0.2) is 4.99 Å². The first kappa shape index (κ1) is 22.2. The summed E-state index contributed by atoms with van der Waals surface area (Å²) in [7, 11) is 1.69. The van der Waals surface area contributed by atoms with Crippen LogP contribution in [-0.2, 0) is 18.9 Å². The van der Waals surface area contributed by atoms with Crippen molar-refractivity contribution in [3.63, 3.8) is 0 Å². The molecule has 25 heavy (non-hydrogen) atoms. The number of guanidine groups is 1. The summed E-state index contributed by atoms with van der Waals surface area (Å²) in [6.07, 6.45) is 4.17. The average Bonchev–Trinajstić information content (AvgIpc) is 3.13. The molecule has 1 unspecified atom stereocenters. The van der Waals surface area contributed by atoms with Crippen LogP contribution in [-0.4, -0.2) is 79.0 Å². The van der Waals surface area contributed by atoms with E-state index in [1.807, 2.05) is 0 Å². The Kier molecular flexibility index (Phi) is 14.7. The van der Waals surface area contributed by atoms with Gasteiger partial charge in [0.1, 0.15) is 0 Å². The van der Waals surface area contributed by atoms with Gasteiger partial charge in [-0.2, -0.15) is 0 Å². The van der Waals surface area contributed by atoms with E-state index in [-0.39, 0.29) is 0 Å². The standard InChI is InChI=1S/C18H37N3O4/c1-3-19-18(20-8-4-5-10-23-14-13-22-2)21-9-6-11-24-15-17-7-12-25-16-17/h17H,3-16H2,1-2H3,(H2,19,20,21). The van der Waals surface area contributed by atoms with Crippen LogP contribution in [0.1, 0.15) is 32.6 Å². The molecule has 7 heteroatoms. The molecule has 1 rings (SSSR count). The summed E-state index contributed by atoms with van der Waals surface area (Å²) in [6.45, 7) is 10.0. The summed E-state index contributed by atoms with van der Waals surface area (Å²) in [5.74, 6) is 1.47. The van der Waals surface area contributed by atoms with E-state index >= 15 is 0 Å². The first-order valence-corrected chi connectivity index (χ1v) is 9.61. The van der Waals surface area contributed by atoms with E-state index in [1.165, 1.54) is 0 Å². The van der Waals surface area contributed by atoms with Gasteiger partial charge in [-0.3, -0.25) is 4.99 Å². The van der Waals surface area contributed by atoms with Crippen LogP contribution in [0.4, 0.5) is 0 Å². The Labute approximate surface area is 152 Å². The van der Waals surface area contributed by atoms with E-state index in [9.17, 15) is 0 Å². The molecule has 1 aliphatic heterocycles. The molecule has 1 saturated heterocycles. The second kappa shape index (κ2) is 16.6. The molecule has 0 aromatic heterocycles. The zero-order valence-corrected chi connectivity index (χ0v) is 16.1. The minimum atomic E-state index is 0.584. The van der Waals surface area contributed by atoms with Crippen molar-refractivity contribution in [1.82, 2.24) is 10.6 Å². The fourth-order valence-corrected chi connectivity index (χ4v) is 2.44. The molecule has 0 bridgehead atoms. The predicted molar refractivity (Wildman–Crippen MR) is 100 cm³/mol. The zero-order chi connectivity index (χ0) is 18.0. The summed E-state index contributed by atoms with van der Waals surface area (Å²) < 4.78 is 21.4. The molecule has 7 nitrogen and oxygen atoms in total. The van der Waals surface area contributed by atoms with Crippen molar-refractivity contribution in [3.8, 4) is 0 Å². The van der Waals surface area contributed by atoms with Gasteiger partial charge in [0.15, 0.2) is 5.96 Å². The monoisotopic (exact) mass is 359 g/mol. The van der Waals surface area contributed by atoms with Crippen LogP contribution in [0, 0.1) is 5.92 Å². The third-order valence-corrected chi connectivity index (χ3v) is 3.88. The lowest BCUT2D eigenvalue weighted by atomic mass is 10.1. The number of nitrogens with one attached hydrogen (secondary N) is 2. The Morgan fingerprint density at radius 3 is 2.72 bits per heavy atom. The molecule has 148 valence electrons. The molecule has 1 heterocycles. The third-order valence-electron chi connectivity index (χ3n) is 3.88. The summed E-state index contributed by atoms with van der Waals surface area (Å²) in [6, 6.07) is 0. The molecule has 0 aliphatic carbocycles. The van der Waals surface area contributed by atoms with Gasteiger partial charge >= 0.3 is 0 Å². The lowest BCUT2D eigenvalue weighted by Gasteiger charge is -2.11. The van der Waals surface area contributed by atoms with Crippen LogP contribution in [0.25, 0.3) is 0 Å². The van der Waals surface area contributed by atoms with Gasteiger partial charge in [-0.25, -0.2) is 0 Å². The van der Waals surface area contributed by atoms with Crippen molar-refractivity contribution in [2.24, 2.45) is 10.9 Å². The summed E-state index contributed by atoms with van der Waals surface area (Å²) in [5, 5.41) is 6.63. The SMILES string of the molecule is CCNC(=NCCCOCC1CCOC1)NCCCCOCCOC. The second-order valence-corrected chi connectivity index (χ2v) is 6.16. The molecular weight excluding hydrogens is 322 g/mol. The number of hydrogen-bond acceptors (Lipinski definition) is 5. The number of unbranched alkanes of at least 4 members (excludes halogenated alkanes) is 1. The maximum absolute atomic E-state index is 5.70. The molecule has 0 aromatic rings. The minimum absolute atomic E-state index is 0.584. The van der Waals surface area contributed by atoms with Gasteiger partial charge in [-0.15, -0.1) is 0 Å². The van der Waals surface area contributed by atoms with E-state index in [4.69, 9.17) is 18.9 Å². The molecule has 0 aromatic carbocycles. The van der Waals surface area contributed by atoms with E-state index in [0.29, 0.717) is 19.1 Å². The number of methoxy groups -OCH3 is 1. The van der Waals surface area contributed by atoms with Crippen molar-refractivity contribution in [2.75, 3.05) is 73.0 Å². The smallest absolute Gasteiger partial charge is 0.191 e. The predicted octanol–water partition coefficient (Wildman–Crippen LogP) is 1.43. The van der Waals surface area contributed by atoms with Gasteiger partial charge in [0.05, 0.1) is 26.4 Å². The molecule has 0 radical (unpaired) electrons. The van der Waals surface area contributed by atoms with Gasteiger partial charge in [0.2, 0.25) is 0 Å². The highest BCUT2D eigenvalue weighted by molar-refractivity contribution is 5.79. The Bertz CT molecular complexity index is 323. The van der Waals surface area contributed by atoms with Crippen LogP contribution in [0.5, 0.6) is 0 Å². The number of hydrogen-bond donors (Lipinski definition) is 2. The van der Waals surface area contributed by atoms with E-state index in [1.54, 1.807) is 7.11 Å². The Balaban J connectivity index is 1.98. The van der Waals surface area contributed by atoms with Crippen LogP contribution in [0.3, 0.4) is 0 Å². The maximum Gasteiger partial charge on any atom is 0.191 e. The Morgan fingerprint density at radius 2 is 1.96 bits per heavy atom. The van der Waals surface area contributed by atoms with Crippen molar-refractivity contribution in [1.29, 1.82) is 0 Å². The minimum Gasteiger partial charge on any atom is -0.382 e. The average molecular weight is 360 g/mol. The molecule has 1 atom stereocenters. The topological polar surface area (TPSA) is 73.3 Å². The first-order valence-electron chi connectivity index (χ1n) is 9.61. The Morgan fingerprint density at radius 1 is 1.08 bits per heavy atom. The highest BCUT2D eigenvalue weighted by Gasteiger charge is 2.15. The van der Waals surface area contributed by atoms with Crippen LogP contribution < -0.4 is 10.6 Å². The molecule has 0 saturated carbocycles. The van der Waals surface area contributed by atoms with E-state index in [0.717, 1.165) is 84.3 Å². The first-order chi connectivity index (χ1) is 12.4. The lowest BCUT2D eigenvalue weighted by Crippen LogP contribution is -2.38. The summed E-state index contributed by atoms with van der Waals surface area (Å²) >= 11 is 0. The van der Waals surface area contributed by atoms with E-state index < -0.39 is 0 Å². The van der Waals surface area contributed by atoms with Crippen molar-refractivity contribution >= 4 is 5.96 Å². The maximum atomic E-state index is 5.70. The van der Waals surface area contributed by atoms with Gasteiger partial charge < -0.3 is 29.6 Å². The fourth-order valence-electron chi connectivity index (χ4n) is 2.44. The summed E-state index contributed by atoms with van der Waals surface area (Å²) in [4.78, 5) is 4.58. The van der Waals surface area contributed by atoms with Gasteiger partial charge in [0.25, 0.3) is 0 Å². The number of rotatable bonds is 15. The van der Waals surface area contributed by atoms with Gasteiger partial charge in [-0.05, 0) is 32.6 Å². The normalized spacial score (nSPS) is 17.8. The molecule has 0 amide bonds. The molecular formula is C18H37N3O4. The number of ether oxygens (including phenoxy) is 4. The molecule has 1 fully saturated rings. The lowest BCUT2D eigenvalue weighted by molar-refractivity contribution is 0.0689. The van der Waals surface area contributed by atoms with Crippen molar-refractivity contribution in [2.45, 2.75) is 32.6 Å². The van der Waals surface area contributed by atoms with Crippen molar-refractivity contribution < 1.29 is 18.9 Å². The highest BCUT2D eigenvalue weighted by atomic mass is 16.5. The molecule has 0 spiro atoms. The number of aliphatic imine (C=N–C) groups is 1. The summed E-state index contributed by atoms with van der Waals surface area (Å²) in [5.41, 5.74) is 0. The van der Waals surface area contributed by atoms with Gasteiger partial charge in [0, 0.05) is 52.5 Å². The highest BCUT2D eigenvalue weighted by Crippen LogP contribution is 2.12.